The van der Waals surface area contributed by atoms with Crippen LogP contribution in [0.1, 0.15) is 38.2 Å². The minimum absolute atomic E-state index is 0.116. The van der Waals surface area contributed by atoms with Crippen molar-refractivity contribution < 1.29 is 14.3 Å². The molecule has 1 aromatic carbocycles. The van der Waals surface area contributed by atoms with E-state index < -0.39 is 0 Å². The van der Waals surface area contributed by atoms with E-state index in [4.69, 9.17) is 9.47 Å². The number of ether oxygens (including phenoxy) is 2. The largest absolute Gasteiger partial charge is 0.486 e. The Labute approximate surface area is 192 Å². The Balaban J connectivity index is 1.25. The molecule has 176 valence electrons. The van der Waals surface area contributed by atoms with Crippen LogP contribution in [0.2, 0.25) is 0 Å². The first-order chi connectivity index (χ1) is 15.6. The minimum Gasteiger partial charge on any atom is -0.486 e. The van der Waals surface area contributed by atoms with Crippen molar-refractivity contribution in [3.05, 3.63) is 29.8 Å². The fourth-order valence-corrected chi connectivity index (χ4v) is 6.47. The van der Waals surface area contributed by atoms with Gasteiger partial charge in [-0.1, -0.05) is 25.1 Å². The number of nitrogens with zero attached hydrogens (tertiary/aromatic N) is 3. The molecule has 0 unspecified atom stereocenters. The van der Waals surface area contributed by atoms with Gasteiger partial charge in [-0.3, -0.25) is 9.69 Å². The van der Waals surface area contributed by atoms with E-state index in [1.54, 1.807) is 0 Å². The maximum absolute atomic E-state index is 14.0. The van der Waals surface area contributed by atoms with Gasteiger partial charge in [-0.05, 0) is 63.2 Å². The molecule has 0 bridgehead atoms. The van der Waals surface area contributed by atoms with E-state index in [0.29, 0.717) is 17.9 Å². The molecule has 3 saturated heterocycles. The van der Waals surface area contributed by atoms with Crippen molar-refractivity contribution >= 4 is 5.91 Å². The number of benzene rings is 1. The summed E-state index contributed by atoms with van der Waals surface area (Å²) < 4.78 is 11.8. The number of likely N-dealkylation sites (tertiary alicyclic amines) is 2. The number of hydrogen-bond acceptors (Lipinski definition) is 5. The molecule has 0 spiro atoms. The molecular weight excluding hydrogens is 402 g/mol. The van der Waals surface area contributed by atoms with Crippen LogP contribution < -0.4 is 4.74 Å². The quantitative estimate of drug-likeness (QED) is 0.703. The molecule has 5 rings (SSSR count). The van der Waals surface area contributed by atoms with Gasteiger partial charge >= 0.3 is 0 Å². The van der Waals surface area contributed by atoms with Gasteiger partial charge in [-0.15, -0.1) is 0 Å². The molecular formula is C26H39N3O3. The number of piperidine rings is 1. The van der Waals surface area contributed by atoms with E-state index >= 15 is 0 Å². The standard InChI is InChI=1S/C26H39N3O3/c1-3-27-11-9-21-16-22(28-12-14-31-15-13-28)8-10-26(21,19-27)25(30)29-17-23(18-29)32-24-7-5-4-6-20(24)2/h4-7,21-23H,3,8-19H2,1-2H3/t21-,22+,26-/m1/s1. The van der Waals surface area contributed by atoms with Crippen molar-refractivity contribution in [2.45, 2.75) is 51.7 Å². The number of hydrogen-bond donors (Lipinski definition) is 0. The zero-order valence-electron chi connectivity index (χ0n) is 19.8. The zero-order valence-corrected chi connectivity index (χ0v) is 19.8. The Bertz CT molecular complexity index is 805. The summed E-state index contributed by atoms with van der Waals surface area (Å²) in [5, 5.41) is 0. The van der Waals surface area contributed by atoms with Crippen LogP contribution in [0, 0.1) is 18.3 Å². The normalized spacial score (nSPS) is 32.2. The van der Waals surface area contributed by atoms with Crippen LogP contribution in [0.25, 0.3) is 0 Å². The number of carbonyl (C=O) groups excluding carboxylic acids is 1. The Morgan fingerprint density at radius 1 is 1.16 bits per heavy atom. The van der Waals surface area contributed by atoms with Crippen LogP contribution in [-0.4, -0.2) is 91.8 Å². The Morgan fingerprint density at radius 2 is 1.94 bits per heavy atom. The van der Waals surface area contributed by atoms with E-state index in [0.717, 1.165) is 89.6 Å². The molecule has 0 radical (unpaired) electrons. The second kappa shape index (κ2) is 9.32. The number of aryl methyl sites for hydroxylation is 1. The predicted molar refractivity (Wildman–Crippen MR) is 125 cm³/mol. The van der Waals surface area contributed by atoms with E-state index in [1.807, 2.05) is 18.2 Å². The lowest BCUT2D eigenvalue weighted by Gasteiger charge is -2.55. The first-order valence-electron chi connectivity index (χ1n) is 12.6. The van der Waals surface area contributed by atoms with Crippen molar-refractivity contribution in [3.8, 4) is 5.75 Å². The monoisotopic (exact) mass is 441 g/mol. The fourth-order valence-electron chi connectivity index (χ4n) is 6.47. The first kappa shape index (κ1) is 22.2. The van der Waals surface area contributed by atoms with Crippen LogP contribution in [0.4, 0.5) is 0 Å². The van der Waals surface area contributed by atoms with Gasteiger partial charge < -0.3 is 19.3 Å². The Kier molecular flexibility index (Phi) is 6.46. The summed E-state index contributed by atoms with van der Waals surface area (Å²) in [6.07, 6.45) is 4.59. The summed E-state index contributed by atoms with van der Waals surface area (Å²) >= 11 is 0. The van der Waals surface area contributed by atoms with Crippen molar-refractivity contribution in [1.29, 1.82) is 0 Å². The second-order valence-corrected chi connectivity index (χ2v) is 10.3. The molecule has 4 fully saturated rings. The summed E-state index contributed by atoms with van der Waals surface area (Å²) in [6.45, 7) is 12.6. The lowest BCUT2D eigenvalue weighted by molar-refractivity contribution is -0.165. The molecule has 0 aromatic heterocycles. The van der Waals surface area contributed by atoms with Crippen molar-refractivity contribution in [2.75, 3.05) is 59.0 Å². The van der Waals surface area contributed by atoms with Crippen LogP contribution in [0.5, 0.6) is 5.75 Å². The summed E-state index contributed by atoms with van der Waals surface area (Å²) in [7, 11) is 0. The molecule has 3 heterocycles. The van der Waals surface area contributed by atoms with Gasteiger partial charge in [-0.25, -0.2) is 0 Å². The first-order valence-corrected chi connectivity index (χ1v) is 12.6. The smallest absolute Gasteiger partial charge is 0.230 e. The third kappa shape index (κ3) is 4.17. The highest BCUT2D eigenvalue weighted by Crippen LogP contribution is 2.49. The van der Waals surface area contributed by atoms with Gasteiger partial charge in [0, 0.05) is 25.7 Å². The maximum atomic E-state index is 14.0. The molecule has 6 nitrogen and oxygen atoms in total. The van der Waals surface area contributed by atoms with E-state index in [-0.39, 0.29) is 11.5 Å². The van der Waals surface area contributed by atoms with E-state index in [1.165, 1.54) is 6.42 Å². The number of carbonyl (C=O) groups is 1. The highest BCUT2D eigenvalue weighted by Gasteiger charge is 2.55. The van der Waals surface area contributed by atoms with Gasteiger partial charge in [0.05, 0.1) is 31.7 Å². The van der Waals surface area contributed by atoms with Crippen LogP contribution >= 0.6 is 0 Å². The lowest BCUT2D eigenvalue weighted by Crippen LogP contribution is -2.66. The molecule has 4 aliphatic rings. The molecule has 32 heavy (non-hydrogen) atoms. The summed E-state index contributed by atoms with van der Waals surface area (Å²) in [4.78, 5) is 21.2. The van der Waals surface area contributed by atoms with Gasteiger partial charge in [0.25, 0.3) is 0 Å². The number of morpholine rings is 1. The summed E-state index contributed by atoms with van der Waals surface area (Å²) in [6, 6.07) is 8.78. The number of para-hydroxylation sites is 1. The third-order valence-electron chi connectivity index (χ3n) is 8.52. The average molecular weight is 442 g/mol. The summed E-state index contributed by atoms with van der Waals surface area (Å²) in [5.74, 6) is 1.84. The molecule has 0 N–H and O–H groups in total. The van der Waals surface area contributed by atoms with Crippen LogP contribution in [0.15, 0.2) is 24.3 Å². The summed E-state index contributed by atoms with van der Waals surface area (Å²) in [5.41, 5.74) is 0.952. The topological polar surface area (TPSA) is 45.2 Å². The number of amides is 1. The van der Waals surface area contributed by atoms with E-state index in [2.05, 4.69) is 34.6 Å². The van der Waals surface area contributed by atoms with Gasteiger partial charge in [-0.2, -0.15) is 0 Å². The van der Waals surface area contributed by atoms with Gasteiger partial charge in [0.1, 0.15) is 11.9 Å². The average Bonchev–Trinajstić information content (AvgIpc) is 2.81. The molecule has 1 aliphatic carbocycles. The Hall–Kier alpha value is -1.63. The van der Waals surface area contributed by atoms with E-state index in [9.17, 15) is 4.79 Å². The van der Waals surface area contributed by atoms with Crippen molar-refractivity contribution in [1.82, 2.24) is 14.7 Å². The van der Waals surface area contributed by atoms with Gasteiger partial charge in [0.15, 0.2) is 0 Å². The highest BCUT2D eigenvalue weighted by atomic mass is 16.5. The lowest BCUT2D eigenvalue weighted by atomic mass is 9.60. The number of fused-ring (bicyclic) bond motifs is 1. The fraction of sp³-hybridized carbons (Fsp3) is 0.731. The third-order valence-corrected chi connectivity index (χ3v) is 8.52. The SMILES string of the molecule is CCN1CC[C@@H]2C[C@@H](N3CCOCC3)CC[C@@]2(C(=O)N2CC(Oc3ccccc3C)C2)C1. The predicted octanol–water partition coefficient (Wildman–Crippen LogP) is 2.80. The van der Waals surface area contributed by atoms with Crippen LogP contribution in [-0.2, 0) is 9.53 Å². The number of rotatable bonds is 5. The Morgan fingerprint density at radius 3 is 2.69 bits per heavy atom. The zero-order chi connectivity index (χ0) is 22.1. The molecule has 1 aromatic rings. The minimum atomic E-state index is -0.204. The van der Waals surface area contributed by atoms with Gasteiger partial charge in [0.2, 0.25) is 5.91 Å². The second-order valence-electron chi connectivity index (χ2n) is 10.3. The molecule has 3 atom stereocenters. The maximum Gasteiger partial charge on any atom is 0.230 e. The molecule has 6 heteroatoms. The molecule has 1 saturated carbocycles. The molecule has 3 aliphatic heterocycles. The van der Waals surface area contributed by atoms with Crippen LogP contribution in [0.3, 0.4) is 0 Å². The van der Waals surface area contributed by atoms with Crippen molar-refractivity contribution in [2.24, 2.45) is 11.3 Å². The van der Waals surface area contributed by atoms with Crippen molar-refractivity contribution in [3.63, 3.8) is 0 Å². The molecule has 1 amide bonds. The highest BCUT2D eigenvalue weighted by molar-refractivity contribution is 5.84.